The molecule has 7 nitrogen and oxygen atoms in total. The summed E-state index contributed by atoms with van der Waals surface area (Å²) >= 11 is 0. The Balaban J connectivity index is 2.47. The van der Waals surface area contributed by atoms with Gasteiger partial charge in [-0.1, -0.05) is 0 Å². The first kappa shape index (κ1) is 12.6. The molecule has 90 valence electrons. The molecule has 1 aliphatic rings. The van der Waals surface area contributed by atoms with Gasteiger partial charge in [0.05, 0.1) is 12.1 Å². The molecule has 0 spiro atoms. The molecule has 5 N–H and O–H groups in total. The molecular formula is C9H16N4O3. The van der Waals surface area contributed by atoms with Gasteiger partial charge >= 0.3 is 0 Å². The Kier molecular flexibility index (Phi) is 3.97. The number of carbonyl (C=O) groups is 3. The smallest absolute Gasteiger partial charge is 0.246 e. The molecule has 3 amide bonds. The summed E-state index contributed by atoms with van der Waals surface area (Å²) in [6.07, 6.45) is 0.735. The molecular weight excluding hydrogens is 212 g/mol. The molecule has 0 bridgehead atoms. The van der Waals surface area contributed by atoms with Crippen LogP contribution in [0.15, 0.2) is 0 Å². The summed E-state index contributed by atoms with van der Waals surface area (Å²) in [6.45, 7) is 0.133. The number of hydrogen-bond acceptors (Lipinski definition) is 5. The number of nitrogens with two attached hydrogens (primary N) is 2. The summed E-state index contributed by atoms with van der Waals surface area (Å²) in [6, 6.07) is -1.29. The first-order valence-corrected chi connectivity index (χ1v) is 5.02. The van der Waals surface area contributed by atoms with Crippen molar-refractivity contribution in [3.8, 4) is 0 Å². The van der Waals surface area contributed by atoms with Gasteiger partial charge in [-0.2, -0.15) is 0 Å². The first-order chi connectivity index (χ1) is 7.43. The Morgan fingerprint density at radius 3 is 2.81 bits per heavy atom. The van der Waals surface area contributed by atoms with E-state index in [0.29, 0.717) is 12.8 Å². The van der Waals surface area contributed by atoms with Crippen molar-refractivity contribution < 1.29 is 14.4 Å². The minimum atomic E-state index is -0.823. The van der Waals surface area contributed by atoms with E-state index in [4.69, 9.17) is 11.5 Å². The van der Waals surface area contributed by atoms with Gasteiger partial charge in [-0.05, 0) is 6.42 Å². The van der Waals surface area contributed by atoms with E-state index in [9.17, 15) is 14.4 Å². The van der Waals surface area contributed by atoms with Gasteiger partial charge in [-0.3, -0.25) is 19.3 Å². The normalized spacial score (nSPS) is 23.4. The third-order valence-corrected chi connectivity index (χ3v) is 2.60. The molecule has 1 fully saturated rings. The van der Waals surface area contributed by atoms with Crippen molar-refractivity contribution in [1.29, 1.82) is 0 Å². The lowest BCUT2D eigenvalue weighted by atomic mass is 10.0. The molecule has 0 saturated carbocycles. The van der Waals surface area contributed by atoms with Crippen LogP contribution in [0.25, 0.3) is 0 Å². The van der Waals surface area contributed by atoms with E-state index in [1.165, 1.54) is 7.05 Å². The minimum Gasteiger partial charge on any atom is -0.368 e. The number of likely N-dealkylation sites (tertiary alicyclic amines) is 1. The zero-order valence-corrected chi connectivity index (χ0v) is 9.10. The van der Waals surface area contributed by atoms with E-state index in [1.807, 2.05) is 0 Å². The number of piperidine rings is 1. The van der Waals surface area contributed by atoms with Gasteiger partial charge in [-0.15, -0.1) is 0 Å². The second-order valence-corrected chi connectivity index (χ2v) is 3.80. The number of rotatable bonds is 4. The molecule has 0 aromatic carbocycles. The van der Waals surface area contributed by atoms with E-state index < -0.39 is 18.0 Å². The Bertz CT molecular complexity index is 318. The van der Waals surface area contributed by atoms with Crippen molar-refractivity contribution in [1.82, 2.24) is 10.2 Å². The average molecular weight is 228 g/mol. The van der Waals surface area contributed by atoms with E-state index in [2.05, 4.69) is 5.32 Å². The fraction of sp³-hybridized carbons (Fsp3) is 0.667. The van der Waals surface area contributed by atoms with E-state index in [1.54, 1.807) is 0 Å². The quantitative estimate of drug-likeness (QED) is 0.461. The fourth-order valence-corrected chi connectivity index (χ4v) is 1.47. The highest BCUT2D eigenvalue weighted by Crippen LogP contribution is 2.10. The second-order valence-electron chi connectivity index (χ2n) is 3.80. The SMILES string of the molecule is CN1C(=O)CCC(NCC(N)C(N)=O)C1=O. The van der Waals surface area contributed by atoms with Crippen molar-refractivity contribution in [2.24, 2.45) is 11.5 Å². The summed E-state index contributed by atoms with van der Waals surface area (Å²) < 4.78 is 0. The topological polar surface area (TPSA) is 119 Å². The van der Waals surface area contributed by atoms with Crippen LogP contribution in [0, 0.1) is 0 Å². The number of hydrogen-bond donors (Lipinski definition) is 3. The molecule has 7 heteroatoms. The van der Waals surface area contributed by atoms with Gasteiger partial charge in [0.15, 0.2) is 0 Å². The molecule has 0 aromatic rings. The Morgan fingerprint density at radius 2 is 2.25 bits per heavy atom. The highest BCUT2D eigenvalue weighted by Gasteiger charge is 2.31. The van der Waals surface area contributed by atoms with Crippen LogP contribution in [0.1, 0.15) is 12.8 Å². The molecule has 2 atom stereocenters. The maximum absolute atomic E-state index is 11.6. The summed E-state index contributed by atoms with van der Waals surface area (Å²) in [7, 11) is 1.44. The van der Waals surface area contributed by atoms with Gasteiger partial charge in [0, 0.05) is 20.0 Å². The monoisotopic (exact) mass is 228 g/mol. The lowest BCUT2D eigenvalue weighted by molar-refractivity contribution is -0.148. The highest BCUT2D eigenvalue weighted by atomic mass is 16.2. The molecule has 0 aromatic heterocycles. The van der Waals surface area contributed by atoms with Gasteiger partial charge in [0.1, 0.15) is 0 Å². The lowest BCUT2D eigenvalue weighted by Crippen LogP contribution is -2.55. The third kappa shape index (κ3) is 2.77. The molecule has 1 heterocycles. The van der Waals surface area contributed by atoms with Gasteiger partial charge in [-0.25, -0.2) is 0 Å². The maximum atomic E-state index is 11.6. The van der Waals surface area contributed by atoms with Crippen molar-refractivity contribution in [2.45, 2.75) is 24.9 Å². The Morgan fingerprint density at radius 1 is 1.62 bits per heavy atom. The number of nitrogens with zero attached hydrogens (tertiary/aromatic N) is 1. The molecule has 2 unspecified atom stereocenters. The third-order valence-electron chi connectivity index (χ3n) is 2.60. The van der Waals surface area contributed by atoms with Crippen molar-refractivity contribution >= 4 is 17.7 Å². The van der Waals surface area contributed by atoms with Crippen LogP contribution in [-0.2, 0) is 14.4 Å². The standard InChI is InChI=1S/C9H16N4O3/c1-13-7(14)3-2-6(9(13)16)12-4-5(10)8(11)15/h5-6,12H,2-4,10H2,1H3,(H2,11,15). The number of carbonyl (C=O) groups excluding carboxylic acids is 3. The summed E-state index contributed by atoms with van der Waals surface area (Å²) in [5.41, 5.74) is 10.4. The van der Waals surface area contributed by atoms with Crippen LogP contribution >= 0.6 is 0 Å². The molecule has 1 saturated heterocycles. The number of primary amides is 1. The fourth-order valence-electron chi connectivity index (χ4n) is 1.47. The number of nitrogens with one attached hydrogen (secondary N) is 1. The largest absolute Gasteiger partial charge is 0.368 e. The van der Waals surface area contributed by atoms with Crippen LogP contribution in [0.4, 0.5) is 0 Å². The van der Waals surface area contributed by atoms with Crippen LogP contribution in [-0.4, -0.2) is 48.3 Å². The van der Waals surface area contributed by atoms with Crippen molar-refractivity contribution in [2.75, 3.05) is 13.6 Å². The molecule has 16 heavy (non-hydrogen) atoms. The minimum absolute atomic E-state index is 0.133. The van der Waals surface area contributed by atoms with Crippen LogP contribution in [0.2, 0.25) is 0 Å². The van der Waals surface area contributed by atoms with Crippen molar-refractivity contribution in [3.63, 3.8) is 0 Å². The predicted molar refractivity (Wildman–Crippen MR) is 56.0 cm³/mol. The molecule has 1 rings (SSSR count). The Labute approximate surface area is 93.1 Å². The second kappa shape index (κ2) is 5.04. The number of likely N-dealkylation sites (N-methyl/N-ethyl adjacent to an activating group) is 1. The van der Waals surface area contributed by atoms with E-state index >= 15 is 0 Å². The van der Waals surface area contributed by atoms with E-state index in [-0.39, 0.29) is 18.4 Å². The summed E-state index contributed by atoms with van der Waals surface area (Å²) in [5, 5.41) is 2.83. The zero-order valence-electron chi connectivity index (χ0n) is 9.10. The molecule has 0 radical (unpaired) electrons. The van der Waals surface area contributed by atoms with Crippen LogP contribution in [0.5, 0.6) is 0 Å². The summed E-state index contributed by atoms with van der Waals surface area (Å²) in [4.78, 5) is 34.5. The van der Waals surface area contributed by atoms with Crippen molar-refractivity contribution in [3.05, 3.63) is 0 Å². The highest BCUT2D eigenvalue weighted by molar-refractivity contribution is 6.00. The van der Waals surface area contributed by atoms with Crippen LogP contribution < -0.4 is 16.8 Å². The maximum Gasteiger partial charge on any atom is 0.246 e. The first-order valence-electron chi connectivity index (χ1n) is 5.02. The lowest BCUT2D eigenvalue weighted by Gasteiger charge is -2.28. The van der Waals surface area contributed by atoms with Gasteiger partial charge in [0.2, 0.25) is 17.7 Å². The number of imide groups is 1. The van der Waals surface area contributed by atoms with Gasteiger partial charge in [0.25, 0.3) is 0 Å². The van der Waals surface area contributed by atoms with E-state index in [0.717, 1.165) is 4.90 Å². The molecule has 1 aliphatic heterocycles. The number of amides is 3. The average Bonchev–Trinajstić information content (AvgIpc) is 2.24. The van der Waals surface area contributed by atoms with Gasteiger partial charge < -0.3 is 16.8 Å². The zero-order chi connectivity index (χ0) is 12.3. The Hall–Kier alpha value is -1.47. The molecule has 0 aliphatic carbocycles. The summed E-state index contributed by atoms with van der Waals surface area (Å²) in [5.74, 6) is -1.12. The van der Waals surface area contributed by atoms with Crippen LogP contribution in [0.3, 0.4) is 0 Å². The predicted octanol–water partition coefficient (Wildman–Crippen LogP) is -2.46.